The number of carbonyl (C=O) groups is 1. The predicted octanol–water partition coefficient (Wildman–Crippen LogP) is 2.80. The average Bonchev–Trinajstić information content (AvgIpc) is 2.54. The second-order valence-electron chi connectivity index (χ2n) is 4.52. The van der Waals surface area contributed by atoms with E-state index in [0.717, 1.165) is 12.0 Å². The lowest BCUT2D eigenvalue weighted by atomic mass is 10.2. The van der Waals surface area contributed by atoms with Gasteiger partial charge in [0.2, 0.25) is 0 Å². The van der Waals surface area contributed by atoms with Crippen LogP contribution in [0.2, 0.25) is 0 Å². The second-order valence-corrected chi connectivity index (χ2v) is 6.07. The summed E-state index contributed by atoms with van der Waals surface area (Å²) in [5.41, 5.74) is 1.08. The fourth-order valence-corrected chi connectivity index (χ4v) is 2.82. The van der Waals surface area contributed by atoms with Crippen LogP contribution < -0.4 is 4.18 Å². The summed E-state index contributed by atoms with van der Waals surface area (Å²) in [6, 6.07) is 12.4. The van der Waals surface area contributed by atoms with Crippen molar-refractivity contribution in [1.82, 2.24) is 0 Å². The molecule has 0 amide bonds. The summed E-state index contributed by atoms with van der Waals surface area (Å²) in [7, 11) is -2.79. The fourth-order valence-electron chi connectivity index (χ4n) is 1.88. The van der Waals surface area contributed by atoms with E-state index in [1.54, 1.807) is 24.3 Å². The van der Waals surface area contributed by atoms with Crippen molar-refractivity contribution in [2.75, 3.05) is 7.11 Å². The SMILES string of the molecule is CCc1ccc(S(=O)(=O)Oc2ccccc2C(=O)OC)cc1. The maximum Gasteiger partial charge on any atom is 0.341 e. The van der Waals surface area contributed by atoms with Gasteiger partial charge in [-0.1, -0.05) is 31.2 Å². The number of hydrogen-bond acceptors (Lipinski definition) is 5. The van der Waals surface area contributed by atoms with E-state index in [9.17, 15) is 13.2 Å². The molecule has 0 saturated carbocycles. The molecule has 2 aromatic carbocycles. The van der Waals surface area contributed by atoms with E-state index >= 15 is 0 Å². The minimum Gasteiger partial charge on any atom is -0.465 e. The Balaban J connectivity index is 2.34. The Morgan fingerprint density at radius 2 is 1.68 bits per heavy atom. The molecule has 0 atom stereocenters. The second kappa shape index (κ2) is 6.62. The smallest absolute Gasteiger partial charge is 0.341 e. The van der Waals surface area contributed by atoms with Gasteiger partial charge in [0.15, 0.2) is 5.75 Å². The minimum atomic E-state index is -4.01. The summed E-state index contributed by atoms with van der Waals surface area (Å²) in [6.45, 7) is 1.98. The molecule has 2 aromatic rings. The molecule has 0 unspecified atom stereocenters. The Bertz CT molecular complexity index is 763. The average molecular weight is 320 g/mol. The summed E-state index contributed by atoms with van der Waals surface area (Å²) in [4.78, 5) is 11.7. The molecule has 0 N–H and O–H groups in total. The molecular formula is C16H16O5S. The summed E-state index contributed by atoms with van der Waals surface area (Å²) in [6.07, 6.45) is 0.812. The van der Waals surface area contributed by atoms with Crippen molar-refractivity contribution >= 4 is 16.1 Å². The van der Waals surface area contributed by atoms with Gasteiger partial charge in [0, 0.05) is 0 Å². The number of aryl methyl sites for hydroxylation is 1. The molecule has 22 heavy (non-hydrogen) atoms. The van der Waals surface area contributed by atoms with Gasteiger partial charge in [-0.3, -0.25) is 0 Å². The lowest BCUT2D eigenvalue weighted by Gasteiger charge is -2.10. The first kappa shape index (κ1) is 16.0. The van der Waals surface area contributed by atoms with E-state index in [1.807, 2.05) is 6.92 Å². The van der Waals surface area contributed by atoms with E-state index in [4.69, 9.17) is 4.18 Å². The van der Waals surface area contributed by atoms with Gasteiger partial charge in [-0.2, -0.15) is 8.42 Å². The Morgan fingerprint density at radius 1 is 1.05 bits per heavy atom. The van der Waals surface area contributed by atoms with Crippen LogP contribution in [0.1, 0.15) is 22.8 Å². The zero-order valence-electron chi connectivity index (χ0n) is 12.3. The molecule has 0 bridgehead atoms. The molecule has 0 aliphatic carbocycles. The van der Waals surface area contributed by atoms with Gasteiger partial charge in [0.1, 0.15) is 10.5 Å². The van der Waals surface area contributed by atoms with E-state index in [0.29, 0.717) is 0 Å². The molecule has 0 aliphatic rings. The van der Waals surface area contributed by atoms with Gasteiger partial charge in [-0.25, -0.2) is 4.79 Å². The highest BCUT2D eigenvalue weighted by Crippen LogP contribution is 2.23. The van der Waals surface area contributed by atoms with E-state index in [-0.39, 0.29) is 16.2 Å². The first-order valence-corrected chi connectivity index (χ1v) is 8.09. The molecule has 6 heteroatoms. The van der Waals surface area contributed by atoms with Crippen LogP contribution in [0.5, 0.6) is 5.75 Å². The summed E-state index contributed by atoms with van der Waals surface area (Å²) >= 11 is 0. The quantitative estimate of drug-likeness (QED) is 0.626. The van der Waals surface area contributed by atoms with Crippen molar-refractivity contribution in [3.63, 3.8) is 0 Å². The molecular weight excluding hydrogens is 304 g/mol. The number of para-hydroxylation sites is 1. The Hall–Kier alpha value is -2.34. The maximum atomic E-state index is 12.3. The molecule has 116 valence electrons. The molecule has 5 nitrogen and oxygen atoms in total. The molecule has 0 heterocycles. The van der Waals surface area contributed by atoms with Crippen molar-refractivity contribution in [2.24, 2.45) is 0 Å². The molecule has 0 saturated heterocycles. The van der Waals surface area contributed by atoms with Gasteiger partial charge in [-0.05, 0) is 36.2 Å². The highest BCUT2D eigenvalue weighted by molar-refractivity contribution is 7.87. The third-order valence-electron chi connectivity index (χ3n) is 3.11. The molecule has 0 aromatic heterocycles. The lowest BCUT2D eigenvalue weighted by molar-refractivity contribution is 0.0599. The largest absolute Gasteiger partial charge is 0.465 e. The van der Waals surface area contributed by atoms with Crippen LogP contribution in [0.25, 0.3) is 0 Å². The lowest BCUT2D eigenvalue weighted by Crippen LogP contribution is -2.13. The maximum absolute atomic E-state index is 12.3. The molecule has 2 rings (SSSR count). The van der Waals surface area contributed by atoms with Crippen molar-refractivity contribution < 1.29 is 22.1 Å². The first-order valence-electron chi connectivity index (χ1n) is 6.68. The van der Waals surface area contributed by atoms with E-state index in [1.165, 1.54) is 31.4 Å². The van der Waals surface area contributed by atoms with Crippen LogP contribution in [0.15, 0.2) is 53.4 Å². The first-order chi connectivity index (χ1) is 10.5. The standard InChI is InChI=1S/C16H16O5S/c1-3-12-8-10-13(11-9-12)22(18,19)21-15-7-5-4-6-14(15)16(17)20-2/h4-11H,3H2,1-2H3. The van der Waals surface area contributed by atoms with Crippen LogP contribution in [0.4, 0.5) is 0 Å². The zero-order chi connectivity index (χ0) is 16.2. The van der Waals surface area contributed by atoms with Crippen molar-refractivity contribution in [2.45, 2.75) is 18.2 Å². The number of ether oxygens (including phenoxy) is 1. The van der Waals surface area contributed by atoms with Gasteiger partial charge in [0.25, 0.3) is 0 Å². The minimum absolute atomic E-state index is 0.0318. The monoisotopic (exact) mass is 320 g/mol. The van der Waals surface area contributed by atoms with Gasteiger partial charge in [-0.15, -0.1) is 0 Å². The fraction of sp³-hybridized carbons (Fsp3) is 0.188. The summed E-state index contributed by atoms with van der Waals surface area (Å²) in [5.74, 6) is -0.721. The number of esters is 1. The van der Waals surface area contributed by atoms with Crippen molar-refractivity contribution in [3.8, 4) is 5.75 Å². The molecule has 0 radical (unpaired) electrons. The highest BCUT2D eigenvalue weighted by Gasteiger charge is 2.21. The van der Waals surface area contributed by atoms with Crippen LogP contribution in [0.3, 0.4) is 0 Å². The highest BCUT2D eigenvalue weighted by atomic mass is 32.2. The van der Waals surface area contributed by atoms with Gasteiger partial charge < -0.3 is 8.92 Å². The number of rotatable bonds is 5. The number of carbonyl (C=O) groups excluding carboxylic acids is 1. The van der Waals surface area contributed by atoms with Gasteiger partial charge >= 0.3 is 16.1 Å². The Morgan fingerprint density at radius 3 is 2.27 bits per heavy atom. The van der Waals surface area contributed by atoms with Crippen LogP contribution >= 0.6 is 0 Å². The van der Waals surface area contributed by atoms with Crippen molar-refractivity contribution in [3.05, 3.63) is 59.7 Å². The molecule has 0 aliphatic heterocycles. The number of hydrogen-bond donors (Lipinski definition) is 0. The predicted molar refractivity (Wildman–Crippen MR) is 81.4 cm³/mol. The third-order valence-corrected chi connectivity index (χ3v) is 4.36. The number of benzene rings is 2. The Kier molecular flexibility index (Phi) is 4.82. The Labute approximate surface area is 129 Å². The summed E-state index contributed by atoms with van der Waals surface area (Å²) < 4.78 is 34.3. The molecule has 0 spiro atoms. The summed E-state index contributed by atoms with van der Waals surface area (Å²) in [5, 5.41) is 0. The topological polar surface area (TPSA) is 69.7 Å². The molecule has 0 fully saturated rings. The number of methoxy groups -OCH3 is 1. The normalized spacial score (nSPS) is 11.0. The van der Waals surface area contributed by atoms with Crippen LogP contribution in [-0.2, 0) is 21.3 Å². The van der Waals surface area contributed by atoms with Crippen molar-refractivity contribution in [1.29, 1.82) is 0 Å². The zero-order valence-corrected chi connectivity index (χ0v) is 13.1. The van der Waals surface area contributed by atoms with Crippen LogP contribution in [-0.4, -0.2) is 21.5 Å². The van der Waals surface area contributed by atoms with E-state index in [2.05, 4.69) is 4.74 Å². The third kappa shape index (κ3) is 3.46. The van der Waals surface area contributed by atoms with Gasteiger partial charge in [0.05, 0.1) is 7.11 Å². The van der Waals surface area contributed by atoms with Crippen LogP contribution in [0, 0.1) is 0 Å². The van der Waals surface area contributed by atoms with E-state index < -0.39 is 16.1 Å².